The minimum Gasteiger partial charge on any atom is -0.277 e. The summed E-state index contributed by atoms with van der Waals surface area (Å²) < 4.78 is 13.1. The maximum absolute atomic E-state index is 13.1. The molecule has 88 valence electrons. The molecule has 0 amide bonds. The minimum atomic E-state index is -0.253. The fourth-order valence-corrected chi connectivity index (χ4v) is 1.88. The van der Waals surface area contributed by atoms with Gasteiger partial charge in [0.2, 0.25) is 0 Å². The Labute approximate surface area is 104 Å². The van der Waals surface area contributed by atoms with E-state index in [2.05, 4.69) is 10.2 Å². The monoisotopic (exact) mass is 238 g/mol. The van der Waals surface area contributed by atoms with E-state index in [-0.39, 0.29) is 5.82 Å². The van der Waals surface area contributed by atoms with Crippen molar-refractivity contribution >= 4 is 0 Å². The first-order chi connectivity index (χ1) is 8.83. The molecule has 0 saturated heterocycles. The van der Waals surface area contributed by atoms with E-state index in [1.807, 2.05) is 42.5 Å². The van der Waals surface area contributed by atoms with Gasteiger partial charge in [0, 0.05) is 5.56 Å². The van der Waals surface area contributed by atoms with Crippen molar-refractivity contribution in [3.05, 3.63) is 66.5 Å². The number of aromatic amines is 1. The van der Waals surface area contributed by atoms with Crippen LogP contribution in [0.1, 0.15) is 0 Å². The van der Waals surface area contributed by atoms with E-state index in [1.54, 1.807) is 6.07 Å². The van der Waals surface area contributed by atoms with Crippen LogP contribution in [0.15, 0.2) is 60.7 Å². The van der Waals surface area contributed by atoms with Gasteiger partial charge in [-0.2, -0.15) is 5.10 Å². The molecule has 3 heteroatoms. The molecule has 0 aliphatic rings. The molecule has 0 aliphatic carbocycles. The summed E-state index contributed by atoms with van der Waals surface area (Å²) in [5.41, 5.74) is 3.50. The number of benzene rings is 2. The van der Waals surface area contributed by atoms with Crippen molar-refractivity contribution in [2.24, 2.45) is 0 Å². The SMILES string of the molecule is Fc1cccc(-c2cc(-c3ccccc3)[nH]n2)c1. The van der Waals surface area contributed by atoms with Crippen molar-refractivity contribution in [3.63, 3.8) is 0 Å². The predicted octanol–water partition coefficient (Wildman–Crippen LogP) is 3.88. The number of nitrogens with zero attached hydrogens (tertiary/aromatic N) is 1. The molecular formula is C15H11FN2. The third-order valence-electron chi connectivity index (χ3n) is 2.78. The average Bonchev–Trinajstić information content (AvgIpc) is 2.89. The fraction of sp³-hybridized carbons (Fsp3) is 0. The zero-order chi connectivity index (χ0) is 12.4. The van der Waals surface area contributed by atoms with E-state index < -0.39 is 0 Å². The lowest BCUT2D eigenvalue weighted by molar-refractivity contribution is 0.628. The van der Waals surface area contributed by atoms with Crippen LogP contribution in [0.25, 0.3) is 22.5 Å². The van der Waals surface area contributed by atoms with E-state index >= 15 is 0 Å². The highest BCUT2D eigenvalue weighted by atomic mass is 19.1. The summed E-state index contributed by atoms with van der Waals surface area (Å²) in [6.45, 7) is 0. The first-order valence-corrected chi connectivity index (χ1v) is 5.70. The number of H-pyrrole nitrogens is 1. The Morgan fingerprint density at radius 2 is 1.61 bits per heavy atom. The molecule has 0 aliphatic heterocycles. The molecule has 0 spiro atoms. The van der Waals surface area contributed by atoms with Crippen molar-refractivity contribution in [2.45, 2.75) is 0 Å². The number of hydrogen-bond acceptors (Lipinski definition) is 1. The van der Waals surface area contributed by atoms with Crippen LogP contribution in [0.3, 0.4) is 0 Å². The van der Waals surface area contributed by atoms with Gasteiger partial charge in [0.1, 0.15) is 5.82 Å². The molecule has 0 fully saturated rings. The average molecular weight is 238 g/mol. The van der Waals surface area contributed by atoms with Gasteiger partial charge < -0.3 is 0 Å². The van der Waals surface area contributed by atoms with Crippen LogP contribution in [0, 0.1) is 5.82 Å². The van der Waals surface area contributed by atoms with Gasteiger partial charge in [-0.25, -0.2) is 4.39 Å². The number of rotatable bonds is 2. The third kappa shape index (κ3) is 2.02. The highest BCUT2D eigenvalue weighted by Crippen LogP contribution is 2.23. The summed E-state index contributed by atoms with van der Waals surface area (Å²) >= 11 is 0. The van der Waals surface area contributed by atoms with Gasteiger partial charge in [-0.15, -0.1) is 0 Å². The van der Waals surface area contributed by atoms with Crippen molar-refractivity contribution in [3.8, 4) is 22.5 Å². The van der Waals surface area contributed by atoms with Gasteiger partial charge in [-0.05, 0) is 23.8 Å². The Kier molecular flexibility index (Phi) is 2.65. The topological polar surface area (TPSA) is 28.7 Å². The zero-order valence-electron chi connectivity index (χ0n) is 9.60. The van der Waals surface area contributed by atoms with Crippen LogP contribution in [0.5, 0.6) is 0 Å². The molecule has 2 nitrogen and oxygen atoms in total. The van der Waals surface area contributed by atoms with E-state index in [0.717, 1.165) is 22.5 Å². The molecule has 0 bridgehead atoms. The molecule has 0 radical (unpaired) electrons. The van der Waals surface area contributed by atoms with Crippen molar-refractivity contribution < 1.29 is 4.39 Å². The Balaban J connectivity index is 2.00. The quantitative estimate of drug-likeness (QED) is 0.721. The first-order valence-electron chi connectivity index (χ1n) is 5.70. The highest BCUT2D eigenvalue weighted by molar-refractivity contribution is 5.67. The van der Waals surface area contributed by atoms with Gasteiger partial charge in [0.15, 0.2) is 0 Å². The minimum absolute atomic E-state index is 0.253. The smallest absolute Gasteiger partial charge is 0.123 e. The summed E-state index contributed by atoms with van der Waals surface area (Å²) in [4.78, 5) is 0. The maximum Gasteiger partial charge on any atom is 0.123 e. The lowest BCUT2D eigenvalue weighted by atomic mass is 10.1. The molecule has 3 aromatic rings. The summed E-state index contributed by atoms with van der Waals surface area (Å²) in [5, 5.41) is 7.18. The van der Waals surface area contributed by atoms with E-state index in [4.69, 9.17) is 0 Å². The van der Waals surface area contributed by atoms with Crippen molar-refractivity contribution in [2.75, 3.05) is 0 Å². The normalized spacial score (nSPS) is 10.5. The Hall–Kier alpha value is -2.42. The molecular weight excluding hydrogens is 227 g/mol. The van der Waals surface area contributed by atoms with Crippen LogP contribution in [0.2, 0.25) is 0 Å². The molecule has 1 aromatic heterocycles. The molecule has 18 heavy (non-hydrogen) atoms. The largest absolute Gasteiger partial charge is 0.277 e. The molecule has 1 heterocycles. The van der Waals surface area contributed by atoms with Gasteiger partial charge in [-0.1, -0.05) is 42.5 Å². The van der Waals surface area contributed by atoms with Gasteiger partial charge in [0.25, 0.3) is 0 Å². The number of halogens is 1. The van der Waals surface area contributed by atoms with Crippen LogP contribution >= 0.6 is 0 Å². The second-order valence-electron chi connectivity index (χ2n) is 4.04. The van der Waals surface area contributed by atoms with Gasteiger partial charge in [0.05, 0.1) is 11.4 Å². The number of hydrogen-bond donors (Lipinski definition) is 1. The summed E-state index contributed by atoms with van der Waals surface area (Å²) in [7, 11) is 0. The van der Waals surface area contributed by atoms with E-state index in [9.17, 15) is 4.39 Å². The lowest BCUT2D eigenvalue weighted by Crippen LogP contribution is -1.79. The Morgan fingerprint density at radius 3 is 2.39 bits per heavy atom. The molecule has 0 unspecified atom stereocenters. The van der Waals surface area contributed by atoms with Gasteiger partial charge in [-0.3, -0.25) is 5.10 Å². The summed E-state index contributed by atoms with van der Waals surface area (Å²) in [6.07, 6.45) is 0. The molecule has 0 atom stereocenters. The van der Waals surface area contributed by atoms with Crippen LogP contribution in [0.4, 0.5) is 4.39 Å². The highest BCUT2D eigenvalue weighted by Gasteiger charge is 2.05. The second-order valence-corrected chi connectivity index (χ2v) is 4.04. The number of aromatic nitrogens is 2. The molecule has 3 rings (SSSR count). The van der Waals surface area contributed by atoms with E-state index in [1.165, 1.54) is 12.1 Å². The Bertz CT molecular complexity index is 659. The first kappa shape index (κ1) is 10.7. The number of nitrogens with one attached hydrogen (secondary N) is 1. The third-order valence-corrected chi connectivity index (χ3v) is 2.78. The van der Waals surface area contributed by atoms with Crippen LogP contribution in [-0.2, 0) is 0 Å². The molecule has 2 aromatic carbocycles. The molecule has 1 N–H and O–H groups in total. The molecule has 0 saturated carbocycles. The van der Waals surface area contributed by atoms with Crippen molar-refractivity contribution in [1.29, 1.82) is 0 Å². The zero-order valence-corrected chi connectivity index (χ0v) is 9.60. The summed E-state index contributed by atoms with van der Waals surface area (Å²) in [6, 6.07) is 18.3. The van der Waals surface area contributed by atoms with Gasteiger partial charge >= 0.3 is 0 Å². The second kappa shape index (κ2) is 4.45. The maximum atomic E-state index is 13.1. The van der Waals surface area contributed by atoms with E-state index in [0.29, 0.717) is 0 Å². The van der Waals surface area contributed by atoms with Crippen LogP contribution < -0.4 is 0 Å². The summed E-state index contributed by atoms with van der Waals surface area (Å²) in [5.74, 6) is -0.253. The predicted molar refractivity (Wildman–Crippen MR) is 69.4 cm³/mol. The lowest BCUT2D eigenvalue weighted by Gasteiger charge is -1.95. The standard InChI is InChI=1S/C15H11FN2/c16-13-8-4-7-12(9-13)15-10-14(17-18-15)11-5-2-1-3-6-11/h1-10H,(H,17,18). The van der Waals surface area contributed by atoms with Crippen LogP contribution in [-0.4, -0.2) is 10.2 Å². The Morgan fingerprint density at radius 1 is 0.833 bits per heavy atom. The van der Waals surface area contributed by atoms with Crippen molar-refractivity contribution in [1.82, 2.24) is 10.2 Å². The fourth-order valence-electron chi connectivity index (χ4n) is 1.88.